The molecule has 4 nitrogen and oxygen atoms in total. The number of nitrogens with one attached hydrogen (secondary N) is 1. The average Bonchev–Trinajstić information content (AvgIpc) is 2.67. The largest absolute Gasteiger partial charge is 0.339 e. The predicted molar refractivity (Wildman–Crippen MR) is 43.9 cm³/mol. The molecule has 1 aromatic heterocycles. The lowest BCUT2D eigenvalue weighted by molar-refractivity contribution is 0.321. The van der Waals surface area contributed by atoms with Gasteiger partial charge in [0.2, 0.25) is 5.89 Å². The molecule has 12 heavy (non-hydrogen) atoms. The lowest BCUT2D eigenvalue weighted by atomic mass is 10.00. The molecule has 0 saturated carbocycles. The molecule has 2 rings (SSSR count). The van der Waals surface area contributed by atoms with Crippen molar-refractivity contribution in [3.8, 4) is 0 Å². The molecule has 0 aromatic carbocycles. The van der Waals surface area contributed by atoms with E-state index in [2.05, 4.69) is 15.5 Å². The van der Waals surface area contributed by atoms with E-state index in [9.17, 15) is 0 Å². The number of nitrogens with zero attached hydrogens (tertiary/aromatic N) is 2. The van der Waals surface area contributed by atoms with Crippen molar-refractivity contribution in [2.75, 3.05) is 13.1 Å². The van der Waals surface area contributed by atoms with Crippen LogP contribution >= 0.6 is 0 Å². The van der Waals surface area contributed by atoms with Gasteiger partial charge in [0.25, 0.3) is 0 Å². The van der Waals surface area contributed by atoms with Gasteiger partial charge in [-0.25, -0.2) is 0 Å². The van der Waals surface area contributed by atoms with Gasteiger partial charge in [-0.3, -0.25) is 0 Å². The number of aromatic nitrogens is 2. The van der Waals surface area contributed by atoms with Gasteiger partial charge in [-0.05, 0) is 26.2 Å². The van der Waals surface area contributed by atoms with Gasteiger partial charge in [-0.1, -0.05) is 5.16 Å². The summed E-state index contributed by atoms with van der Waals surface area (Å²) in [6.07, 6.45) is 2.02. The van der Waals surface area contributed by atoms with Crippen molar-refractivity contribution in [1.29, 1.82) is 0 Å². The topological polar surface area (TPSA) is 51.0 Å². The van der Waals surface area contributed by atoms with Crippen molar-refractivity contribution in [3.63, 3.8) is 0 Å². The van der Waals surface area contributed by atoms with E-state index in [0.29, 0.717) is 5.89 Å². The fraction of sp³-hybridized carbons (Fsp3) is 0.750. The molecule has 66 valence electrons. The van der Waals surface area contributed by atoms with Crippen molar-refractivity contribution in [1.82, 2.24) is 15.5 Å². The van der Waals surface area contributed by atoms with Crippen LogP contribution < -0.4 is 5.32 Å². The lowest BCUT2D eigenvalue weighted by Crippen LogP contribution is -2.28. The van der Waals surface area contributed by atoms with Gasteiger partial charge in [0, 0.05) is 10.7 Å². The molecule has 1 fully saturated rings. The molecule has 0 bridgehead atoms. The Kier molecular flexibility index (Phi) is 1.34. The van der Waals surface area contributed by atoms with Crippen LogP contribution in [0.5, 0.6) is 0 Å². The number of piperidine rings is 1. The Morgan fingerprint density at radius 2 is 2.75 bits per heavy atom. The summed E-state index contributed by atoms with van der Waals surface area (Å²) in [5.74, 6) is 0.402. The van der Waals surface area contributed by atoms with E-state index in [1.807, 2.05) is 0 Å². The quantitative estimate of drug-likeness (QED) is 0.678. The Morgan fingerprint density at radius 1 is 1.75 bits per heavy atom. The Balaban J connectivity index is 2.12. The highest BCUT2D eigenvalue weighted by Gasteiger charge is 2.20. The third-order valence-corrected chi connectivity index (χ3v) is 2.09. The summed E-state index contributed by atoms with van der Waals surface area (Å²) < 4.78 is 26.4. The molecule has 4 heteroatoms. The molecule has 1 aliphatic heterocycles. The number of hydrogen-bond acceptors (Lipinski definition) is 4. The molecule has 1 atom stereocenters. The number of aryl methyl sites for hydroxylation is 1. The van der Waals surface area contributed by atoms with Gasteiger partial charge in [0.05, 0.1) is 5.92 Å². The third-order valence-electron chi connectivity index (χ3n) is 2.09. The van der Waals surface area contributed by atoms with E-state index in [-0.39, 0.29) is 11.7 Å². The van der Waals surface area contributed by atoms with Gasteiger partial charge in [-0.15, -0.1) is 0 Å². The maximum atomic E-state index is 7.13. The van der Waals surface area contributed by atoms with Gasteiger partial charge >= 0.3 is 0 Å². The molecule has 2 heterocycles. The molecule has 1 aromatic rings. The highest BCUT2D eigenvalue weighted by Crippen LogP contribution is 2.20. The zero-order valence-corrected chi connectivity index (χ0v) is 6.71. The smallest absolute Gasteiger partial charge is 0.231 e. The van der Waals surface area contributed by atoms with Crippen molar-refractivity contribution >= 4 is 0 Å². The van der Waals surface area contributed by atoms with E-state index in [0.717, 1.165) is 25.9 Å². The fourth-order valence-electron chi connectivity index (χ4n) is 1.46. The summed E-state index contributed by atoms with van der Waals surface area (Å²) in [6.45, 7) is -0.497. The molecule has 0 amide bonds. The molecule has 1 saturated heterocycles. The zero-order chi connectivity index (χ0) is 10.9. The van der Waals surface area contributed by atoms with Crippen LogP contribution in [0.2, 0.25) is 0 Å². The van der Waals surface area contributed by atoms with Crippen molar-refractivity contribution < 1.29 is 8.64 Å². The van der Waals surface area contributed by atoms with Crippen LogP contribution in [0.4, 0.5) is 0 Å². The highest BCUT2D eigenvalue weighted by atomic mass is 16.5. The van der Waals surface area contributed by atoms with E-state index < -0.39 is 6.85 Å². The van der Waals surface area contributed by atoms with Gasteiger partial charge in [-0.2, -0.15) is 4.98 Å². The standard InChI is InChI=1S/C8H13N3O/c1-6-10-8(12-11-6)7-3-2-4-9-5-7/h7,9H,2-5H2,1H3/t7-/m0/s1/i1D3. The Bertz CT molecular complexity index is 330. The van der Waals surface area contributed by atoms with Crippen LogP contribution in [0.25, 0.3) is 0 Å². The van der Waals surface area contributed by atoms with Gasteiger partial charge in [0.15, 0.2) is 5.82 Å². The second kappa shape index (κ2) is 3.23. The summed E-state index contributed by atoms with van der Waals surface area (Å²) in [7, 11) is 0. The first-order valence-corrected chi connectivity index (χ1v) is 4.12. The molecule has 1 N–H and O–H groups in total. The number of rotatable bonds is 1. The van der Waals surface area contributed by atoms with E-state index >= 15 is 0 Å². The Morgan fingerprint density at radius 3 is 3.42 bits per heavy atom. The summed E-state index contributed by atoms with van der Waals surface area (Å²) in [5.41, 5.74) is 0. The molecule has 1 aliphatic rings. The van der Waals surface area contributed by atoms with Crippen LogP contribution in [0, 0.1) is 6.85 Å². The maximum Gasteiger partial charge on any atom is 0.231 e. The molecular weight excluding hydrogens is 154 g/mol. The predicted octanol–water partition coefficient (Wildman–Crippen LogP) is 0.845. The van der Waals surface area contributed by atoms with Gasteiger partial charge in [0.1, 0.15) is 0 Å². The minimum absolute atomic E-state index is 0.155. The first kappa shape index (κ1) is 4.97. The molecule has 0 radical (unpaired) electrons. The van der Waals surface area contributed by atoms with E-state index in [4.69, 9.17) is 8.64 Å². The fourth-order valence-corrected chi connectivity index (χ4v) is 1.46. The number of hydrogen-bond donors (Lipinski definition) is 1. The Hall–Kier alpha value is -0.900. The zero-order valence-electron chi connectivity index (χ0n) is 9.71. The summed E-state index contributed by atoms with van der Waals surface area (Å²) in [6, 6.07) is 0. The van der Waals surface area contributed by atoms with Crippen LogP contribution in [-0.2, 0) is 0 Å². The van der Waals surface area contributed by atoms with Crippen molar-refractivity contribution in [2.24, 2.45) is 0 Å². The summed E-state index contributed by atoms with van der Waals surface area (Å²) in [4.78, 5) is 3.92. The van der Waals surface area contributed by atoms with E-state index in [1.165, 1.54) is 0 Å². The van der Waals surface area contributed by atoms with Gasteiger partial charge < -0.3 is 9.84 Å². The second-order valence-corrected chi connectivity index (χ2v) is 3.00. The second-order valence-electron chi connectivity index (χ2n) is 3.00. The van der Waals surface area contributed by atoms with E-state index in [1.54, 1.807) is 0 Å². The van der Waals surface area contributed by atoms with Crippen LogP contribution in [0.15, 0.2) is 4.52 Å². The molecule has 0 spiro atoms. The minimum atomic E-state index is -2.27. The maximum absolute atomic E-state index is 7.13. The summed E-state index contributed by atoms with van der Waals surface area (Å²) >= 11 is 0. The molecule has 0 unspecified atom stereocenters. The first-order valence-electron chi connectivity index (χ1n) is 5.62. The lowest BCUT2D eigenvalue weighted by Gasteiger charge is -2.18. The molecule has 0 aliphatic carbocycles. The Labute approximate surface area is 75.6 Å². The SMILES string of the molecule is [2H]C([2H])([2H])c1noc([C@H]2CCCNC2)n1. The molecular formula is C8H13N3O. The van der Waals surface area contributed by atoms with Crippen LogP contribution in [-0.4, -0.2) is 23.2 Å². The van der Waals surface area contributed by atoms with Crippen LogP contribution in [0.1, 0.15) is 34.6 Å². The summed E-state index contributed by atoms with van der Waals surface area (Å²) in [5, 5.41) is 6.70. The first-order chi connectivity index (χ1) is 7.07. The average molecular weight is 170 g/mol. The van der Waals surface area contributed by atoms with Crippen molar-refractivity contribution in [2.45, 2.75) is 25.6 Å². The van der Waals surface area contributed by atoms with Crippen molar-refractivity contribution in [3.05, 3.63) is 11.7 Å². The minimum Gasteiger partial charge on any atom is -0.339 e. The normalized spacial score (nSPS) is 29.0. The monoisotopic (exact) mass is 170 g/mol. The van der Waals surface area contributed by atoms with Crippen LogP contribution in [0.3, 0.4) is 0 Å². The third kappa shape index (κ3) is 1.48. The highest BCUT2D eigenvalue weighted by molar-refractivity contribution is 4.95.